The van der Waals surface area contributed by atoms with E-state index in [1.807, 2.05) is 11.6 Å². The molecule has 0 unspecified atom stereocenters. The van der Waals surface area contributed by atoms with Crippen LogP contribution in [0, 0.1) is 0 Å². The van der Waals surface area contributed by atoms with Gasteiger partial charge in [0.15, 0.2) is 5.75 Å². The monoisotopic (exact) mass is 210 g/mol. The highest BCUT2D eigenvalue weighted by Crippen LogP contribution is 2.24. The van der Waals surface area contributed by atoms with Crippen LogP contribution in [0.3, 0.4) is 0 Å². The molecule has 1 rings (SSSR count). The lowest BCUT2D eigenvalue weighted by molar-refractivity contribution is 0.456. The van der Waals surface area contributed by atoms with E-state index in [2.05, 4.69) is 18.9 Å². The Balaban J connectivity index is 2.91. The molecule has 0 atom stereocenters. The molecule has 0 bridgehead atoms. The van der Waals surface area contributed by atoms with Gasteiger partial charge in [0.2, 0.25) is 0 Å². The smallest absolute Gasteiger partial charge is 0.160 e. The molecule has 1 heterocycles. The Hall–Kier alpha value is -0.990. The van der Waals surface area contributed by atoms with Gasteiger partial charge in [-0.05, 0) is 25.7 Å². The standard InChI is InChI=1S/C12H22N2O/c1-4-7-8-11-12(15)10(6-3)13-14(11)9-5-2/h15H,4-9H2,1-3H3. The summed E-state index contributed by atoms with van der Waals surface area (Å²) in [6, 6.07) is 0. The van der Waals surface area contributed by atoms with Crippen LogP contribution in [0.1, 0.15) is 51.4 Å². The maximum atomic E-state index is 9.98. The SMILES string of the molecule is CCCCc1c(O)c(CC)nn1CCC. The van der Waals surface area contributed by atoms with Gasteiger partial charge >= 0.3 is 0 Å². The average Bonchev–Trinajstić information content (AvgIpc) is 2.53. The molecule has 0 amide bonds. The fraction of sp³-hybridized carbons (Fsp3) is 0.750. The van der Waals surface area contributed by atoms with Crippen LogP contribution < -0.4 is 0 Å². The largest absolute Gasteiger partial charge is 0.504 e. The van der Waals surface area contributed by atoms with Crippen LogP contribution in [0.5, 0.6) is 5.75 Å². The summed E-state index contributed by atoms with van der Waals surface area (Å²) in [6.45, 7) is 7.24. The van der Waals surface area contributed by atoms with Crippen molar-refractivity contribution in [1.29, 1.82) is 0 Å². The second-order valence-corrected chi connectivity index (χ2v) is 3.92. The number of aryl methyl sites for hydroxylation is 2. The Morgan fingerprint density at radius 1 is 1.20 bits per heavy atom. The number of hydrogen-bond donors (Lipinski definition) is 1. The number of aromatic nitrogens is 2. The average molecular weight is 210 g/mol. The second-order valence-electron chi connectivity index (χ2n) is 3.92. The van der Waals surface area contributed by atoms with Crippen LogP contribution in [0.15, 0.2) is 0 Å². The van der Waals surface area contributed by atoms with E-state index in [1.165, 1.54) is 0 Å². The zero-order chi connectivity index (χ0) is 11.3. The topological polar surface area (TPSA) is 38.1 Å². The Morgan fingerprint density at radius 2 is 1.93 bits per heavy atom. The van der Waals surface area contributed by atoms with Gasteiger partial charge in [-0.1, -0.05) is 27.2 Å². The zero-order valence-electron chi connectivity index (χ0n) is 10.1. The van der Waals surface area contributed by atoms with E-state index in [0.29, 0.717) is 5.75 Å². The van der Waals surface area contributed by atoms with Crippen molar-refractivity contribution >= 4 is 0 Å². The third-order valence-electron chi connectivity index (χ3n) is 2.64. The van der Waals surface area contributed by atoms with Crippen molar-refractivity contribution in [2.24, 2.45) is 0 Å². The van der Waals surface area contributed by atoms with Gasteiger partial charge in [-0.25, -0.2) is 0 Å². The molecule has 0 aromatic carbocycles. The van der Waals surface area contributed by atoms with Crippen LogP contribution in [0.2, 0.25) is 0 Å². The zero-order valence-corrected chi connectivity index (χ0v) is 10.1. The predicted octanol–water partition coefficient (Wildman–Crippen LogP) is 2.90. The van der Waals surface area contributed by atoms with E-state index < -0.39 is 0 Å². The third kappa shape index (κ3) is 2.74. The summed E-state index contributed by atoms with van der Waals surface area (Å²) in [5, 5.41) is 14.4. The predicted molar refractivity (Wildman–Crippen MR) is 62.2 cm³/mol. The fourth-order valence-corrected chi connectivity index (χ4v) is 1.77. The minimum absolute atomic E-state index is 0.430. The molecule has 0 spiro atoms. The molecule has 0 saturated heterocycles. The first-order chi connectivity index (χ1) is 7.24. The molecule has 1 N–H and O–H groups in total. The molecule has 86 valence electrons. The lowest BCUT2D eigenvalue weighted by Gasteiger charge is -2.05. The number of hydrogen-bond acceptors (Lipinski definition) is 2. The number of unbranched alkanes of at least 4 members (excludes halogenated alkanes) is 1. The van der Waals surface area contributed by atoms with Gasteiger partial charge in [0, 0.05) is 6.54 Å². The summed E-state index contributed by atoms with van der Waals surface area (Å²) in [7, 11) is 0. The van der Waals surface area contributed by atoms with Crippen molar-refractivity contribution in [3.8, 4) is 5.75 Å². The molecule has 0 saturated carbocycles. The van der Waals surface area contributed by atoms with Crippen molar-refractivity contribution in [2.45, 2.75) is 59.4 Å². The number of aromatic hydroxyl groups is 1. The summed E-state index contributed by atoms with van der Waals surface area (Å²) in [5.74, 6) is 0.430. The minimum Gasteiger partial charge on any atom is -0.504 e. The van der Waals surface area contributed by atoms with E-state index >= 15 is 0 Å². The van der Waals surface area contributed by atoms with E-state index in [4.69, 9.17) is 0 Å². The second kappa shape index (κ2) is 5.79. The molecule has 1 aromatic rings. The first-order valence-electron chi connectivity index (χ1n) is 6.02. The number of rotatable bonds is 6. The van der Waals surface area contributed by atoms with E-state index in [1.54, 1.807) is 0 Å². The summed E-state index contributed by atoms with van der Waals surface area (Å²) >= 11 is 0. The molecule has 15 heavy (non-hydrogen) atoms. The Bertz CT molecular complexity index is 305. The van der Waals surface area contributed by atoms with Gasteiger partial charge in [-0.2, -0.15) is 5.10 Å². The fourth-order valence-electron chi connectivity index (χ4n) is 1.77. The Kier molecular flexibility index (Phi) is 4.66. The summed E-state index contributed by atoms with van der Waals surface area (Å²) in [6.07, 6.45) is 5.07. The molecule has 0 aliphatic carbocycles. The molecule has 1 aromatic heterocycles. The summed E-state index contributed by atoms with van der Waals surface area (Å²) in [4.78, 5) is 0. The molecular formula is C12H22N2O. The van der Waals surface area contributed by atoms with Gasteiger partial charge in [-0.3, -0.25) is 4.68 Å². The minimum atomic E-state index is 0.430. The normalized spacial score (nSPS) is 10.9. The van der Waals surface area contributed by atoms with Gasteiger partial charge in [0.1, 0.15) is 5.69 Å². The van der Waals surface area contributed by atoms with Crippen LogP contribution >= 0.6 is 0 Å². The Morgan fingerprint density at radius 3 is 2.47 bits per heavy atom. The summed E-state index contributed by atoms with van der Waals surface area (Å²) in [5.41, 5.74) is 1.87. The van der Waals surface area contributed by atoms with Gasteiger partial charge < -0.3 is 5.11 Å². The van der Waals surface area contributed by atoms with Gasteiger partial charge in [0.25, 0.3) is 0 Å². The lowest BCUT2D eigenvalue weighted by atomic mass is 10.1. The maximum absolute atomic E-state index is 9.98. The Labute approximate surface area is 92.1 Å². The van der Waals surface area contributed by atoms with E-state index in [-0.39, 0.29) is 0 Å². The van der Waals surface area contributed by atoms with Crippen molar-refractivity contribution < 1.29 is 5.11 Å². The van der Waals surface area contributed by atoms with Crippen LogP contribution in [0.25, 0.3) is 0 Å². The van der Waals surface area contributed by atoms with E-state index in [9.17, 15) is 5.11 Å². The van der Waals surface area contributed by atoms with Gasteiger partial charge in [-0.15, -0.1) is 0 Å². The van der Waals surface area contributed by atoms with E-state index in [0.717, 1.165) is 50.0 Å². The molecule has 3 heteroatoms. The van der Waals surface area contributed by atoms with Gasteiger partial charge in [0.05, 0.1) is 5.69 Å². The first kappa shape index (κ1) is 12.1. The highest BCUT2D eigenvalue weighted by molar-refractivity contribution is 5.32. The highest BCUT2D eigenvalue weighted by atomic mass is 16.3. The first-order valence-corrected chi connectivity index (χ1v) is 6.02. The molecular weight excluding hydrogens is 188 g/mol. The van der Waals surface area contributed by atoms with Crippen LogP contribution in [-0.4, -0.2) is 14.9 Å². The van der Waals surface area contributed by atoms with Crippen molar-refractivity contribution in [3.05, 3.63) is 11.4 Å². The molecule has 0 radical (unpaired) electrons. The molecule has 3 nitrogen and oxygen atoms in total. The molecule has 0 fully saturated rings. The van der Waals surface area contributed by atoms with Crippen LogP contribution in [0.4, 0.5) is 0 Å². The van der Waals surface area contributed by atoms with Crippen molar-refractivity contribution in [2.75, 3.05) is 0 Å². The highest BCUT2D eigenvalue weighted by Gasteiger charge is 2.14. The third-order valence-corrected chi connectivity index (χ3v) is 2.64. The quantitative estimate of drug-likeness (QED) is 0.784. The van der Waals surface area contributed by atoms with Crippen molar-refractivity contribution in [3.63, 3.8) is 0 Å². The lowest BCUT2D eigenvalue weighted by Crippen LogP contribution is -2.04. The summed E-state index contributed by atoms with van der Waals surface area (Å²) < 4.78 is 1.98. The van der Waals surface area contributed by atoms with Crippen LogP contribution in [-0.2, 0) is 19.4 Å². The molecule has 0 aliphatic rings. The molecule has 0 aliphatic heterocycles. The van der Waals surface area contributed by atoms with Crippen molar-refractivity contribution in [1.82, 2.24) is 9.78 Å². The maximum Gasteiger partial charge on any atom is 0.160 e. The number of nitrogens with zero attached hydrogens (tertiary/aromatic N) is 2.